The summed E-state index contributed by atoms with van der Waals surface area (Å²) in [5, 5.41) is 9.93. The quantitative estimate of drug-likeness (QED) is 0.791. The molecule has 1 N–H and O–H groups in total. The molecule has 1 atom stereocenters. The number of anilines is 1. The Morgan fingerprint density at radius 1 is 1.47 bits per heavy atom. The molecule has 1 unspecified atom stereocenters. The fraction of sp³-hybridized carbons (Fsp3) is 0.429. The highest BCUT2D eigenvalue weighted by Gasteiger charge is 2.19. The molecule has 1 aromatic rings. The maximum atomic E-state index is 9.93. The third-order valence-electron chi connectivity index (χ3n) is 2.96. The first-order chi connectivity index (χ1) is 8.31. The predicted molar refractivity (Wildman–Crippen MR) is 69.6 cm³/mol. The Bertz CT molecular complexity index is 378. The van der Waals surface area contributed by atoms with Gasteiger partial charge in [-0.15, -0.1) is 6.58 Å². The smallest absolute Gasteiger partial charge is 0.142 e. The van der Waals surface area contributed by atoms with Crippen LogP contribution in [-0.4, -0.2) is 30.9 Å². The minimum absolute atomic E-state index is 0.306. The Morgan fingerprint density at radius 3 is 3.12 bits per heavy atom. The number of rotatable bonds is 5. The van der Waals surface area contributed by atoms with Crippen LogP contribution in [0.5, 0.6) is 5.75 Å². The normalized spacial score (nSPS) is 15.9. The van der Waals surface area contributed by atoms with Crippen molar-refractivity contribution in [2.75, 3.05) is 24.6 Å². The Kier molecular flexibility index (Phi) is 4.04. The molecule has 17 heavy (non-hydrogen) atoms. The fourth-order valence-corrected chi connectivity index (χ4v) is 2.07. The number of hydrogen-bond acceptors (Lipinski definition) is 3. The van der Waals surface area contributed by atoms with Crippen LogP contribution in [0.25, 0.3) is 0 Å². The van der Waals surface area contributed by atoms with E-state index in [2.05, 4.69) is 11.5 Å². The van der Waals surface area contributed by atoms with Crippen LogP contribution >= 0.6 is 0 Å². The van der Waals surface area contributed by atoms with Gasteiger partial charge in [-0.1, -0.05) is 18.2 Å². The van der Waals surface area contributed by atoms with Gasteiger partial charge in [-0.25, -0.2) is 0 Å². The maximum absolute atomic E-state index is 9.93. The van der Waals surface area contributed by atoms with Crippen LogP contribution in [0.2, 0.25) is 0 Å². The second-order valence-corrected chi connectivity index (χ2v) is 4.28. The van der Waals surface area contributed by atoms with Crippen LogP contribution in [0.3, 0.4) is 0 Å². The Morgan fingerprint density at radius 2 is 2.29 bits per heavy atom. The van der Waals surface area contributed by atoms with Crippen molar-refractivity contribution < 1.29 is 9.84 Å². The van der Waals surface area contributed by atoms with Crippen LogP contribution < -0.4 is 9.64 Å². The number of aliphatic hydroxyl groups excluding tert-OH is 1. The zero-order chi connectivity index (χ0) is 12.1. The zero-order valence-corrected chi connectivity index (χ0v) is 10.0. The highest BCUT2D eigenvalue weighted by atomic mass is 16.5. The number of nitrogens with zero attached hydrogens (tertiary/aromatic N) is 1. The minimum atomic E-state index is -0.306. The summed E-state index contributed by atoms with van der Waals surface area (Å²) in [5.74, 6) is 0.912. The highest BCUT2D eigenvalue weighted by molar-refractivity contribution is 5.59. The molecule has 3 nitrogen and oxygen atoms in total. The van der Waals surface area contributed by atoms with E-state index in [-0.39, 0.29) is 6.10 Å². The van der Waals surface area contributed by atoms with Gasteiger partial charge in [0.1, 0.15) is 12.4 Å². The molecule has 0 radical (unpaired) electrons. The van der Waals surface area contributed by atoms with Crippen LogP contribution in [-0.2, 0) is 0 Å². The zero-order valence-electron chi connectivity index (χ0n) is 10.0. The Balaban J connectivity index is 2.00. The van der Waals surface area contributed by atoms with Gasteiger partial charge in [-0.05, 0) is 25.0 Å². The molecule has 0 bridgehead atoms. The fourth-order valence-electron chi connectivity index (χ4n) is 2.07. The number of fused-ring (bicyclic) bond motifs is 1. The first-order valence-electron chi connectivity index (χ1n) is 6.07. The first-order valence-corrected chi connectivity index (χ1v) is 6.07. The molecular weight excluding hydrogens is 214 g/mol. The van der Waals surface area contributed by atoms with Crippen molar-refractivity contribution in [2.24, 2.45) is 0 Å². The van der Waals surface area contributed by atoms with E-state index in [4.69, 9.17) is 4.74 Å². The average molecular weight is 233 g/mol. The Labute approximate surface area is 102 Å². The third-order valence-corrected chi connectivity index (χ3v) is 2.96. The van der Waals surface area contributed by atoms with Gasteiger partial charge in [0.05, 0.1) is 18.3 Å². The summed E-state index contributed by atoms with van der Waals surface area (Å²) < 4.78 is 5.58. The van der Waals surface area contributed by atoms with E-state index in [1.54, 1.807) is 0 Å². The lowest BCUT2D eigenvalue weighted by atomic mass is 10.1. The van der Waals surface area contributed by atoms with Gasteiger partial charge < -0.3 is 14.7 Å². The van der Waals surface area contributed by atoms with Crippen molar-refractivity contribution in [3.8, 4) is 5.75 Å². The van der Waals surface area contributed by atoms with Gasteiger partial charge in [0.2, 0.25) is 0 Å². The topological polar surface area (TPSA) is 32.7 Å². The predicted octanol–water partition coefficient (Wildman–Crippen LogP) is 2.21. The van der Waals surface area contributed by atoms with Crippen molar-refractivity contribution in [2.45, 2.75) is 18.9 Å². The SMILES string of the molecule is C=CCCC(O)CN1CCOc2ccccc21. The van der Waals surface area contributed by atoms with Crippen molar-refractivity contribution in [1.82, 2.24) is 0 Å². The molecule has 0 saturated carbocycles. The maximum Gasteiger partial charge on any atom is 0.142 e. The molecule has 2 rings (SSSR count). The Hall–Kier alpha value is -1.48. The van der Waals surface area contributed by atoms with E-state index in [0.717, 1.165) is 30.8 Å². The molecule has 3 heteroatoms. The van der Waals surface area contributed by atoms with Gasteiger partial charge in [0.15, 0.2) is 0 Å². The van der Waals surface area contributed by atoms with E-state index in [1.165, 1.54) is 0 Å². The molecule has 1 aliphatic rings. The monoisotopic (exact) mass is 233 g/mol. The number of para-hydroxylation sites is 2. The third kappa shape index (κ3) is 3.01. The van der Waals surface area contributed by atoms with E-state index in [9.17, 15) is 5.11 Å². The molecule has 0 aromatic heterocycles. The second-order valence-electron chi connectivity index (χ2n) is 4.28. The molecule has 0 spiro atoms. The highest BCUT2D eigenvalue weighted by Crippen LogP contribution is 2.30. The van der Waals surface area contributed by atoms with Crippen molar-refractivity contribution >= 4 is 5.69 Å². The van der Waals surface area contributed by atoms with Crippen LogP contribution in [0.15, 0.2) is 36.9 Å². The van der Waals surface area contributed by atoms with Gasteiger partial charge >= 0.3 is 0 Å². The van der Waals surface area contributed by atoms with Gasteiger partial charge in [-0.3, -0.25) is 0 Å². The number of β-amino-alcohol motifs (C(OH)–C–C–N with tert-alkyl or cyclic N) is 1. The molecule has 0 saturated heterocycles. The number of allylic oxidation sites excluding steroid dienone is 1. The molecule has 1 aromatic carbocycles. The largest absolute Gasteiger partial charge is 0.490 e. The summed E-state index contributed by atoms with van der Waals surface area (Å²) in [6.45, 7) is 5.85. The number of hydrogen-bond donors (Lipinski definition) is 1. The summed E-state index contributed by atoms with van der Waals surface area (Å²) >= 11 is 0. The van der Waals surface area contributed by atoms with E-state index in [0.29, 0.717) is 13.2 Å². The van der Waals surface area contributed by atoms with E-state index in [1.807, 2.05) is 30.3 Å². The molecular formula is C14H19NO2. The van der Waals surface area contributed by atoms with E-state index >= 15 is 0 Å². The van der Waals surface area contributed by atoms with E-state index < -0.39 is 0 Å². The van der Waals surface area contributed by atoms with Crippen LogP contribution in [0.4, 0.5) is 5.69 Å². The summed E-state index contributed by atoms with van der Waals surface area (Å²) in [6, 6.07) is 7.97. The second kappa shape index (κ2) is 5.73. The molecule has 1 heterocycles. The molecule has 0 fully saturated rings. The molecule has 1 aliphatic heterocycles. The number of benzene rings is 1. The summed E-state index contributed by atoms with van der Waals surface area (Å²) in [7, 11) is 0. The van der Waals surface area contributed by atoms with Crippen molar-refractivity contribution in [1.29, 1.82) is 0 Å². The molecule has 0 amide bonds. The lowest BCUT2D eigenvalue weighted by molar-refractivity contribution is 0.167. The lowest BCUT2D eigenvalue weighted by Gasteiger charge is -2.32. The standard InChI is InChI=1S/C14H19NO2/c1-2-3-6-12(16)11-15-9-10-17-14-8-5-4-7-13(14)15/h2,4-5,7-8,12,16H,1,3,6,9-11H2. The first kappa shape index (κ1) is 12.0. The van der Waals surface area contributed by atoms with Gasteiger partial charge in [0.25, 0.3) is 0 Å². The summed E-state index contributed by atoms with van der Waals surface area (Å²) in [4.78, 5) is 2.19. The lowest BCUT2D eigenvalue weighted by Crippen LogP contribution is -2.38. The number of aliphatic hydroxyl groups is 1. The molecule has 0 aliphatic carbocycles. The van der Waals surface area contributed by atoms with Crippen LogP contribution in [0, 0.1) is 0 Å². The summed E-state index contributed by atoms with van der Waals surface area (Å²) in [6.07, 6.45) is 3.16. The van der Waals surface area contributed by atoms with Gasteiger partial charge in [-0.2, -0.15) is 0 Å². The van der Waals surface area contributed by atoms with Crippen LogP contribution in [0.1, 0.15) is 12.8 Å². The summed E-state index contributed by atoms with van der Waals surface area (Å²) in [5.41, 5.74) is 1.08. The molecule has 92 valence electrons. The van der Waals surface area contributed by atoms with Crippen molar-refractivity contribution in [3.05, 3.63) is 36.9 Å². The number of ether oxygens (including phenoxy) is 1. The van der Waals surface area contributed by atoms with Gasteiger partial charge in [0, 0.05) is 6.54 Å². The average Bonchev–Trinajstić information content (AvgIpc) is 2.37. The van der Waals surface area contributed by atoms with Crippen molar-refractivity contribution in [3.63, 3.8) is 0 Å². The minimum Gasteiger partial charge on any atom is -0.490 e.